The van der Waals surface area contributed by atoms with E-state index in [1.807, 2.05) is 20.8 Å². The lowest BCUT2D eigenvalue weighted by atomic mass is 10.0. The molecule has 0 aromatic heterocycles. The summed E-state index contributed by atoms with van der Waals surface area (Å²) in [4.78, 5) is 15.0. The van der Waals surface area contributed by atoms with Crippen molar-refractivity contribution >= 4 is 15.9 Å². The normalized spacial score (nSPS) is 17.0. The van der Waals surface area contributed by atoms with Crippen LogP contribution in [0.1, 0.15) is 25.8 Å². The number of amides is 1. The molecule has 0 bridgehead atoms. The van der Waals surface area contributed by atoms with Gasteiger partial charge >= 0.3 is 0 Å². The number of hydrogen-bond acceptors (Lipinski definition) is 5. The van der Waals surface area contributed by atoms with E-state index in [1.54, 1.807) is 24.3 Å². The summed E-state index contributed by atoms with van der Waals surface area (Å²) in [5.41, 5.74) is 0.980. The van der Waals surface area contributed by atoms with Crippen molar-refractivity contribution in [3.8, 4) is 0 Å². The minimum atomic E-state index is -3.75. The Bertz CT molecular complexity index is 698. The molecule has 0 spiro atoms. The second-order valence-corrected chi connectivity index (χ2v) is 9.08. The summed E-state index contributed by atoms with van der Waals surface area (Å²) in [6, 6.07) is 5.81. The molecule has 1 heterocycles. The zero-order valence-corrected chi connectivity index (χ0v) is 17.2. The Morgan fingerprint density at radius 3 is 2.41 bits per heavy atom. The molecule has 8 heteroatoms. The first-order chi connectivity index (χ1) is 12.8. The fourth-order valence-electron chi connectivity index (χ4n) is 2.94. The summed E-state index contributed by atoms with van der Waals surface area (Å²) in [6.07, 6.45) is 0.439. The van der Waals surface area contributed by atoms with Crippen LogP contribution in [0.15, 0.2) is 29.2 Å². The van der Waals surface area contributed by atoms with Gasteiger partial charge in [0.2, 0.25) is 15.9 Å². The highest BCUT2D eigenvalue weighted by molar-refractivity contribution is 7.89. The lowest BCUT2D eigenvalue weighted by molar-refractivity contribution is -0.123. The van der Waals surface area contributed by atoms with Crippen LogP contribution in [0.2, 0.25) is 0 Å². The number of hydrogen-bond donors (Lipinski definition) is 2. The monoisotopic (exact) mass is 397 g/mol. The van der Waals surface area contributed by atoms with Crippen molar-refractivity contribution in [2.24, 2.45) is 5.92 Å². The van der Waals surface area contributed by atoms with E-state index in [0.717, 1.165) is 25.2 Å². The Balaban J connectivity index is 1.96. The van der Waals surface area contributed by atoms with Gasteiger partial charge in [-0.25, -0.2) is 8.42 Å². The average Bonchev–Trinajstić information content (AvgIpc) is 2.62. The van der Waals surface area contributed by atoms with E-state index in [9.17, 15) is 13.2 Å². The van der Waals surface area contributed by atoms with E-state index >= 15 is 0 Å². The van der Waals surface area contributed by atoms with Gasteiger partial charge in [0, 0.05) is 26.2 Å². The van der Waals surface area contributed by atoms with Gasteiger partial charge in [0.25, 0.3) is 0 Å². The molecule has 1 aromatic carbocycles. The number of nitrogens with one attached hydrogen (secondary N) is 2. The van der Waals surface area contributed by atoms with E-state index in [2.05, 4.69) is 14.9 Å². The first kappa shape index (κ1) is 21.8. The van der Waals surface area contributed by atoms with Gasteiger partial charge in [-0.1, -0.05) is 31.5 Å². The van der Waals surface area contributed by atoms with Gasteiger partial charge in [0.15, 0.2) is 0 Å². The molecule has 1 saturated heterocycles. The highest BCUT2D eigenvalue weighted by Gasteiger charge is 2.26. The molecule has 152 valence electrons. The number of benzene rings is 1. The smallest absolute Gasteiger partial charge is 0.241 e. The summed E-state index contributed by atoms with van der Waals surface area (Å²) in [6.45, 7) is 10.2. The molecule has 2 rings (SSSR count). The number of nitrogens with zero attached hydrogens (tertiary/aromatic N) is 1. The summed E-state index contributed by atoms with van der Waals surface area (Å²) >= 11 is 0. The first-order valence-electron chi connectivity index (χ1n) is 9.45. The summed E-state index contributed by atoms with van der Waals surface area (Å²) in [7, 11) is -3.75. The molecule has 0 saturated carbocycles. The van der Waals surface area contributed by atoms with Crippen LogP contribution in [0.3, 0.4) is 0 Å². The lowest BCUT2D eigenvalue weighted by Crippen LogP contribution is -2.49. The van der Waals surface area contributed by atoms with Crippen molar-refractivity contribution in [1.29, 1.82) is 0 Å². The van der Waals surface area contributed by atoms with E-state index in [0.29, 0.717) is 26.2 Å². The fraction of sp³-hybridized carbons (Fsp3) is 0.632. The Labute approximate surface area is 162 Å². The van der Waals surface area contributed by atoms with Crippen LogP contribution in [0.25, 0.3) is 0 Å². The van der Waals surface area contributed by atoms with Gasteiger partial charge in [0.1, 0.15) is 6.04 Å². The molecule has 0 radical (unpaired) electrons. The molecule has 7 nitrogen and oxygen atoms in total. The number of ether oxygens (including phenoxy) is 1. The third-order valence-electron chi connectivity index (χ3n) is 4.48. The molecule has 2 N–H and O–H groups in total. The van der Waals surface area contributed by atoms with Crippen molar-refractivity contribution < 1.29 is 17.9 Å². The molecule has 1 aliphatic heterocycles. The molecule has 1 atom stereocenters. The average molecular weight is 398 g/mol. The maximum atomic E-state index is 12.6. The molecule has 1 amide bonds. The van der Waals surface area contributed by atoms with Gasteiger partial charge in [-0.15, -0.1) is 0 Å². The zero-order chi connectivity index (χ0) is 19.9. The standard InChI is InChI=1S/C19H31N3O4S/c1-15(2)14-18(19(23)20-8-9-22-10-12-26-13-11-22)21-27(24,25)17-6-4-16(3)5-7-17/h4-7,15,18,21H,8-14H2,1-3H3,(H,20,23)/t18-/m0/s1. The number of rotatable bonds is 9. The lowest BCUT2D eigenvalue weighted by Gasteiger charge is -2.27. The SMILES string of the molecule is Cc1ccc(S(=O)(=O)N[C@@H](CC(C)C)C(=O)NCCN2CCOCC2)cc1. The van der Waals surface area contributed by atoms with Gasteiger partial charge in [0.05, 0.1) is 18.1 Å². The minimum Gasteiger partial charge on any atom is -0.379 e. The maximum Gasteiger partial charge on any atom is 0.241 e. The molecular weight excluding hydrogens is 366 g/mol. The quantitative estimate of drug-likeness (QED) is 0.652. The van der Waals surface area contributed by atoms with Crippen LogP contribution in [-0.2, 0) is 19.6 Å². The summed E-state index contributed by atoms with van der Waals surface area (Å²) < 4.78 is 33.2. The van der Waals surface area contributed by atoms with E-state index in [4.69, 9.17) is 4.74 Å². The number of aryl methyl sites for hydroxylation is 1. The van der Waals surface area contributed by atoms with E-state index in [-0.39, 0.29) is 16.7 Å². The zero-order valence-electron chi connectivity index (χ0n) is 16.4. The minimum absolute atomic E-state index is 0.169. The van der Waals surface area contributed by atoms with Gasteiger partial charge in [-0.05, 0) is 31.4 Å². The summed E-state index contributed by atoms with van der Waals surface area (Å²) in [5, 5.41) is 2.87. The fourth-order valence-corrected chi connectivity index (χ4v) is 4.15. The number of carbonyl (C=O) groups excluding carboxylic acids is 1. The van der Waals surface area contributed by atoms with Gasteiger partial charge < -0.3 is 10.1 Å². The van der Waals surface area contributed by atoms with Crippen molar-refractivity contribution in [2.75, 3.05) is 39.4 Å². The Kier molecular flexibility index (Phi) is 8.22. The van der Waals surface area contributed by atoms with Crippen molar-refractivity contribution in [1.82, 2.24) is 14.9 Å². The van der Waals surface area contributed by atoms with Gasteiger partial charge in [-0.2, -0.15) is 4.72 Å². The second kappa shape index (κ2) is 10.2. The van der Waals surface area contributed by atoms with Crippen LogP contribution in [0, 0.1) is 12.8 Å². The Morgan fingerprint density at radius 2 is 1.81 bits per heavy atom. The highest BCUT2D eigenvalue weighted by atomic mass is 32.2. The van der Waals surface area contributed by atoms with Crippen molar-refractivity contribution in [2.45, 2.75) is 38.1 Å². The third kappa shape index (κ3) is 7.21. The molecule has 1 aliphatic rings. The molecule has 0 unspecified atom stereocenters. The van der Waals surface area contributed by atoms with Crippen LogP contribution in [0.4, 0.5) is 0 Å². The molecule has 1 fully saturated rings. The summed E-state index contributed by atoms with van der Waals surface area (Å²) in [5.74, 6) is -0.103. The molecular formula is C19H31N3O4S. The second-order valence-electron chi connectivity index (χ2n) is 7.36. The Morgan fingerprint density at radius 1 is 1.19 bits per heavy atom. The van der Waals surface area contributed by atoms with E-state index in [1.165, 1.54) is 0 Å². The topological polar surface area (TPSA) is 87.7 Å². The molecule has 1 aromatic rings. The molecule has 27 heavy (non-hydrogen) atoms. The Hall–Kier alpha value is -1.48. The van der Waals surface area contributed by atoms with Crippen LogP contribution in [0.5, 0.6) is 0 Å². The van der Waals surface area contributed by atoms with E-state index < -0.39 is 16.1 Å². The predicted octanol–water partition coefficient (Wildman–Crippen LogP) is 1.14. The number of carbonyl (C=O) groups is 1. The number of sulfonamides is 1. The van der Waals surface area contributed by atoms with Crippen LogP contribution >= 0.6 is 0 Å². The largest absolute Gasteiger partial charge is 0.379 e. The van der Waals surface area contributed by atoms with Crippen LogP contribution < -0.4 is 10.0 Å². The first-order valence-corrected chi connectivity index (χ1v) is 10.9. The van der Waals surface area contributed by atoms with Gasteiger partial charge in [-0.3, -0.25) is 9.69 Å². The molecule has 0 aliphatic carbocycles. The van der Waals surface area contributed by atoms with Crippen LogP contribution in [-0.4, -0.2) is 64.7 Å². The predicted molar refractivity (Wildman–Crippen MR) is 105 cm³/mol. The van der Waals surface area contributed by atoms with Crippen molar-refractivity contribution in [3.63, 3.8) is 0 Å². The van der Waals surface area contributed by atoms with Crippen molar-refractivity contribution in [3.05, 3.63) is 29.8 Å². The maximum absolute atomic E-state index is 12.6. The highest BCUT2D eigenvalue weighted by Crippen LogP contribution is 2.13. The third-order valence-corrected chi connectivity index (χ3v) is 5.97. The number of morpholine rings is 1.